The summed E-state index contributed by atoms with van der Waals surface area (Å²) >= 11 is 0. The van der Waals surface area contributed by atoms with Crippen LogP contribution in [0.1, 0.15) is 46.0 Å². The van der Waals surface area contributed by atoms with Gasteiger partial charge in [0.15, 0.2) is 0 Å². The van der Waals surface area contributed by atoms with Gasteiger partial charge >= 0.3 is 0 Å². The number of hydrogen-bond acceptors (Lipinski definition) is 3. The largest absolute Gasteiger partial charge is 0.354 e. The van der Waals surface area contributed by atoms with Crippen LogP contribution in [0.2, 0.25) is 0 Å². The van der Waals surface area contributed by atoms with Gasteiger partial charge < -0.3 is 15.5 Å². The second-order valence-electron chi connectivity index (χ2n) is 6.15. The lowest BCUT2D eigenvalue weighted by atomic mass is 9.96. The first-order valence-electron chi connectivity index (χ1n) is 7.95. The van der Waals surface area contributed by atoms with E-state index < -0.39 is 0 Å². The predicted octanol–water partition coefficient (Wildman–Crippen LogP) is 1.79. The maximum atomic E-state index is 12.0. The third-order valence-electron chi connectivity index (χ3n) is 4.71. The average Bonchev–Trinajstić information content (AvgIpc) is 2.98. The lowest BCUT2D eigenvalue weighted by Crippen LogP contribution is -2.47. The molecule has 0 saturated carbocycles. The van der Waals surface area contributed by atoms with Crippen LogP contribution in [0.15, 0.2) is 0 Å². The van der Waals surface area contributed by atoms with Gasteiger partial charge in [0.1, 0.15) is 0 Å². The van der Waals surface area contributed by atoms with E-state index in [0.717, 1.165) is 32.5 Å². The number of nitrogens with zero attached hydrogens (tertiary/aromatic N) is 1. The number of halogens is 1. The highest BCUT2D eigenvalue weighted by molar-refractivity contribution is 5.85. The third-order valence-corrected chi connectivity index (χ3v) is 4.71. The van der Waals surface area contributed by atoms with Crippen LogP contribution < -0.4 is 10.6 Å². The second kappa shape index (κ2) is 8.85. The molecule has 0 spiro atoms. The number of carbonyl (C=O) groups is 1. The summed E-state index contributed by atoms with van der Waals surface area (Å²) in [5.74, 6) is 0.839. The van der Waals surface area contributed by atoms with Crippen molar-refractivity contribution in [2.24, 2.45) is 5.92 Å². The van der Waals surface area contributed by atoms with Gasteiger partial charge in [-0.2, -0.15) is 0 Å². The van der Waals surface area contributed by atoms with Crippen LogP contribution >= 0.6 is 12.4 Å². The van der Waals surface area contributed by atoms with Gasteiger partial charge in [-0.1, -0.05) is 6.92 Å². The highest BCUT2D eigenvalue weighted by atomic mass is 35.5. The maximum Gasteiger partial charge on any atom is 0.237 e. The van der Waals surface area contributed by atoms with Crippen molar-refractivity contribution in [2.75, 3.05) is 26.2 Å². The molecule has 3 unspecified atom stereocenters. The first-order chi connectivity index (χ1) is 9.20. The molecular formula is C15H30ClN3O. The van der Waals surface area contributed by atoms with Gasteiger partial charge in [-0.05, 0) is 58.0 Å². The Kier molecular flexibility index (Phi) is 7.85. The summed E-state index contributed by atoms with van der Waals surface area (Å²) < 4.78 is 0. The SMILES string of the molecule is CCC(C)N1CCCC(CNC(=O)C2CCCN2)C1.Cl. The number of carbonyl (C=O) groups excluding carboxylic acids is 1. The van der Waals surface area contributed by atoms with E-state index in [-0.39, 0.29) is 24.4 Å². The molecule has 0 aromatic heterocycles. The molecule has 1 amide bonds. The molecule has 2 aliphatic rings. The second-order valence-corrected chi connectivity index (χ2v) is 6.15. The van der Waals surface area contributed by atoms with Gasteiger partial charge in [-0.3, -0.25) is 4.79 Å². The van der Waals surface area contributed by atoms with Crippen molar-refractivity contribution in [3.63, 3.8) is 0 Å². The van der Waals surface area contributed by atoms with Crippen molar-refractivity contribution in [1.82, 2.24) is 15.5 Å². The summed E-state index contributed by atoms with van der Waals surface area (Å²) in [6.07, 6.45) is 5.86. The van der Waals surface area contributed by atoms with Crippen molar-refractivity contribution < 1.29 is 4.79 Å². The minimum absolute atomic E-state index is 0. The van der Waals surface area contributed by atoms with Crippen LogP contribution in [0.3, 0.4) is 0 Å². The number of hydrogen-bond donors (Lipinski definition) is 2. The highest BCUT2D eigenvalue weighted by Gasteiger charge is 2.25. The average molecular weight is 304 g/mol. The molecule has 2 aliphatic heterocycles. The Morgan fingerprint density at radius 2 is 2.20 bits per heavy atom. The normalized spacial score (nSPS) is 28.7. The van der Waals surface area contributed by atoms with Crippen molar-refractivity contribution in [3.05, 3.63) is 0 Å². The lowest BCUT2D eigenvalue weighted by Gasteiger charge is -2.36. The first kappa shape index (κ1) is 17.7. The fraction of sp³-hybridized carbons (Fsp3) is 0.933. The van der Waals surface area contributed by atoms with Crippen molar-refractivity contribution in [3.8, 4) is 0 Å². The Bertz CT molecular complexity index is 295. The third kappa shape index (κ3) is 4.90. The molecule has 0 aromatic carbocycles. The topological polar surface area (TPSA) is 44.4 Å². The van der Waals surface area contributed by atoms with Crippen LogP contribution in [0.4, 0.5) is 0 Å². The predicted molar refractivity (Wildman–Crippen MR) is 85.3 cm³/mol. The number of amides is 1. The van der Waals surface area contributed by atoms with E-state index in [0.29, 0.717) is 12.0 Å². The van der Waals surface area contributed by atoms with Gasteiger partial charge in [0.05, 0.1) is 6.04 Å². The van der Waals surface area contributed by atoms with Gasteiger partial charge in [0.2, 0.25) is 5.91 Å². The summed E-state index contributed by atoms with van der Waals surface area (Å²) in [6, 6.07) is 0.740. The number of rotatable bonds is 5. The Morgan fingerprint density at radius 1 is 1.40 bits per heavy atom. The smallest absolute Gasteiger partial charge is 0.237 e. The summed E-state index contributed by atoms with van der Waals surface area (Å²) in [5, 5.41) is 6.40. The van der Waals surface area contributed by atoms with E-state index in [2.05, 4.69) is 29.4 Å². The van der Waals surface area contributed by atoms with E-state index in [1.54, 1.807) is 0 Å². The van der Waals surface area contributed by atoms with Gasteiger partial charge in [0, 0.05) is 19.1 Å². The van der Waals surface area contributed by atoms with Crippen LogP contribution in [-0.4, -0.2) is 49.1 Å². The standard InChI is InChI=1S/C15H29N3O.ClH/c1-3-12(2)18-9-5-6-13(11-18)10-17-15(19)14-7-4-8-16-14;/h12-14,16H,3-11H2,1-2H3,(H,17,19);1H. The highest BCUT2D eigenvalue weighted by Crippen LogP contribution is 2.19. The van der Waals surface area contributed by atoms with E-state index in [4.69, 9.17) is 0 Å². The Balaban J connectivity index is 0.00000200. The Morgan fingerprint density at radius 3 is 2.85 bits per heavy atom. The van der Waals surface area contributed by atoms with Crippen molar-refractivity contribution in [1.29, 1.82) is 0 Å². The zero-order valence-electron chi connectivity index (χ0n) is 12.9. The van der Waals surface area contributed by atoms with E-state index in [9.17, 15) is 4.79 Å². The fourth-order valence-corrected chi connectivity index (χ4v) is 3.20. The molecule has 0 bridgehead atoms. The zero-order valence-corrected chi connectivity index (χ0v) is 13.7. The molecule has 4 nitrogen and oxygen atoms in total. The zero-order chi connectivity index (χ0) is 13.7. The van der Waals surface area contributed by atoms with E-state index >= 15 is 0 Å². The molecule has 0 aliphatic carbocycles. The summed E-state index contributed by atoms with van der Waals surface area (Å²) in [6.45, 7) is 8.77. The quantitative estimate of drug-likeness (QED) is 0.814. The summed E-state index contributed by atoms with van der Waals surface area (Å²) in [5.41, 5.74) is 0. The molecule has 0 aromatic rings. The van der Waals surface area contributed by atoms with Gasteiger partial charge in [-0.25, -0.2) is 0 Å². The summed E-state index contributed by atoms with van der Waals surface area (Å²) in [4.78, 5) is 14.5. The minimum Gasteiger partial charge on any atom is -0.354 e. The summed E-state index contributed by atoms with van der Waals surface area (Å²) in [7, 11) is 0. The minimum atomic E-state index is 0. The fourth-order valence-electron chi connectivity index (χ4n) is 3.20. The van der Waals surface area contributed by atoms with Crippen LogP contribution in [0, 0.1) is 5.92 Å². The van der Waals surface area contributed by atoms with Crippen LogP contribution in [-0.2, 0) is 4.79 Å². The molecule has 5 heteroatoms. The Hall–Kier alpha value is -0.320. The van der Waals surface area contributed by atoms with E-state index in [1.165, 1.54) is 25.8 Å². The molecule has 2 N–H and O–H groups in total. The van der Waals surface area contributed by atoms with Gasteiger partial charge in [0.25, 0.3) is 0 Å². The molecule has 20 heavy (non-hydrogen) atoms. The van der Waals surface area contributed by atoms with Crippen molar-refractivity contribution >= 4 is 18.3 Å². The van der Waals surface area contributed by atoms with Crippen LogP contribution in [0.25, 0.3) is 0 Å². The monoisotopic (exact) mass is 303 g/mol. The first-order valence-corrected chi connectivity index (χ1v) is 7.95. The molecule has 2 rings (SSSR count). The molecule has 118 valence electrons. The number of piperidine rings is 1. The molecule has 3 atom stereocenters. The maximum absolute atomic E-state index is 12.0. The van der Waals surface area contributed by atoms with Crippen LogP contribution in [0.5, 0.6) is 0 Å². The molecule has 0 radical (unpaired) electrons. The molecule has 2 saturated heterocycles. The Labute approximate surface area is 129 Å². The van der Waals surface area contributed by atoms with Crippen molar-refractivity contribution in [2.45, 2.75) is 58.0 Å². The van der Waals surface area contributed by atoms with Gasteiger partial charge in [-0.15, -0.1) is 12.4 Å². The lowest BCUT2D eigenvalue weighted by molar-refractivity contribution is -0.123. The molecule has 2 fully saturated rings. The number of nitrogens with one attached hydrogen (secondary N) is 2. The molecule has 2 heterocycles. The molecular weight excluding hydrogens is 274 g/mol. The van der Waals surface area contributed by atoms with E-state index in [1.807, 2.05) is 0 Å². The number of likely N-dealkylation sites (tertiary alicyclic amines) is 1.